The monoisotopic (exact) mass is 655 g/mol. The summed E-state index contributed by atoms with van der Waals surface area (Å²) in [6, 6.07) is 3.51. The van der Waals surface area contributed by atoms with Crippen LogP contribution in [0.3, 0.4) is 0 Å². The Hall–Kier alpha value is -2.84. The van der Waals surface area contributed by atoms with Gasteiger partial charge in [-0.1, -0.05) is 32.3 Å². The lowest BCUT2D eigenvalue weighted by Crippen LogP contribution is -2.41. The van der Waals surface area contributed by atoms with Gasteiger partial charge in [-0.15, -0.1) is 0 Å². The lowest BCUT2D eigenvalue weighted by Gasteiger charge is -2.34. The molecular weight excluding hydrogens is 615 g/mol. The first-order valence-corrected chi connectivity index (χ1v) is 15.7. The molecule has 252 valence electrons. The molecule has 1 aromatic heterocycles. The maximum absolute atomic E-state index is 13.5. The molecule has 0 unspecified atom stereocenters. The molecule has 2 saturated heterocycles. The number of amides is 1. The number of halogens is 6. The van der Waals surface area contributed by atoms with Gasteiger partial charge in [0.05, 0.1) is 41.1 Å². The van der Waals surface area contributed by atoms with Crippen LogP contribution in [0.5, 0.6) is 0 Å². The zero-order valence-electron chi connectivity index (χ0n) is 26.7. The van der Waals surface area contributed by atoms with Crippen LogP contribution in [0.2, 0.25) is 0 Å². The summed E-state index contributed by atoms with van der Waals surface area (Å²) in [6.07, 6.45) is -4.86. The normalized spacial score (nSPS) is 22.2. The fourth-order valence-electron chi connectivity index (χ4n) is 6.26. The summed E-state index contributed by atoms with van der Waals surface area (Å²) < 4.78 is 98.9. The van der Waals surface area contributed by atoms with E-state index in [0.717, 1.165) is 32.2 Å². The highest BCUT2D eigenvalue weighted by molar-refractivity contribution is 6.62. The van der Waals surface area contributed by atoms with Crippen LogP contribution in [0.25, 0.3) is 0 Å². The minimum Gasteiger partial charge on any atom is -0.439 e. The topological polar surface area (TPSA) is 64.1 Å². The van der Waals surface area contributed by atoms with E-state index in [1.54, 1.807) is 6.20 Å². The Morgan fingerprint density at radius 2 is 1.52 bits per heavy atom. The summed E-state index contributed by atoms with van der Waals surface area (Å²) >= 11 is 0. The molecule has 0 spiro atoms. The lowest BCUT2D eigenvalue weighted by molar-refractivity contribution is -0.143. The Morgan fingerprint density at radius 3 is 2.07 bits per heavy atom. The first-order valence-electron chi connectivity index (χ1n) is 15.7. The standard InChI is InChI=1S/C32H40BF6N3O4/c1-6-41(25-10-8-7-9-11-25)18-26-21(14-24(16-40-26)33-45-29(2,3)30(4,5)46-33)17-42-19-27(44-28(42)43)20-12-22(31(34,35)36)15-23(13-20)32(37,38)39/h12-16,25,27H,6-11,17-19H2,1-5H3/t27-/m0/s1. The maximum Gasteiger partial charge on any atom is 0.496 e. The minimum atomic E-state index is -5.02. The Bertz CT molecular complexity index is 1380. The average Bonchev–Trinajstić information content (AvgIpc) is 3.45. The number of carbonyl (C=O) groups excluding carboxylic acids is 1. The van der Waals surface area contributed by atoms with Gasteiger partial charge in [0.1, 0.15) is 6.10 Å². The SMILES string of the molecule is CCN(Cc1ncc(B2OC(C)(C)C(C)(C)O2)cc1CN1C[C@@H](c2cc(C(F)(F)F)cc(C(F)(F)F)c2)OC1=O)C1CCCCC1. The number of pyridine rings is 1. The zero-order chi connectivity index (χ0) is 33.7. The highest BCUT2D eigenvalue weighted by Crippen LogP contribution is 2.40. The van der Waals surface area contributed by atoms with Gasteiger partial charge in [-0.3, -0.25) is 14.8 Å². The van der Waals surface area contributed by atoms with E-state index in [2.05, 4.69) is 11.8 Å². The van der Waals surface area contributed by atoms with Gasteiger partial charge in [-0.2, -0.15) is 26.3 Å². The highest BCUT2D eigenvalue weighted by Gasteiger charge is 2.52. The van der Waals surface area contributed by atoms with E-state index >= 15 is 0 Å². The predicted molar refractivity (Wildman–Crippen MR) is 159 cm³/mol. The summed E-state index contributed by atoms with van der Waals surface area (Å²) in [5.74, 6) is 0. The number of nitrogens with zero attached hydrogens (tertiary/aromatic N) is 3. The Labute approximate surface area is 265 Å². The molecule has 5 rings (SSSR count). The van der Waals surface area contributed by atoms with Crippen LogP contribution >= 0.6 is 0 Å². The van der Waals surface area contributed by atoms with Gasteiger partial charge in [0.25, 0.3) is 0 Å². The number of aromatic nitrogens is 1. The van der Waals surface area contributed by atoms with Crippen molar-refractivity contribution in [2.24, 2.45) is 0 Å². The third kappa shape index (κ3) is 7.33. The van der Waals surface area contributed by atoms with Crippen molar-refractivity contribution in [3.8, 4) is 0 Å². The number of hydrogen-bond donors (Lipinski definition) is 0. The van der Waals surface area contributed by atoms with Crippen molar-refractivity contribution in [1.82, 2.24) is 14.8 Å². The van der Waals surface area contributed by atoms with E-state index in [-0.39, 0.29) is 24.7 Å². The van der Waals surface area contributed by atoms with E-state index in [1.807, 2.05) is 33.8 Å². The number of alkyl halides is 6. The van der Waals surface area contributed by atoms with Crippen LogP contribution in [-0.2, 0) is 39.5 Å². The van der Waals surface area contributed by atoms with Gasteiger partial charge in [0.2, 0.25) is 0 Å². The molecule has 1 atom stereocenters. The van der Waals surface area contributed by atoms with Gasteiger partial charge < -0.3 is 14.0 Å². The smallest absolute Gasteiger partial charge is 0.439 e. The molecule has 2 aliphatic heterocycles. The van der Waals surface area contributed by atoms with Crippen LogP contribution in [0.1, 0.15) is 101 Å². The van der Waals surface area contributed by atoms with Gasteiger partial charge in [-0.05, 0) is 76.4 Å². The summed E-state index contributed by atoms with van der Waals surface area (Å²) in [4.78, 5) is 21.5. The first kappa shape index (κ1) is 34.5. The molecule has 0 radical (unpaired) electrons. The molecular formula is C32H40BF6N3O4. The van der Waals surface area contributed by atoms with Crippen molar-refractivity contribution < 1.29 is 45.2 Å². The number of rotatable bonds is 8. The van der Waals surface area contributed by atoms with Gasteiger partial charge >= 0.3 is 25.6 Å². The summed E-state index contributed by atoms with van der Waals surface area (Å²) in [6.45, 7) is 10.8. The molecule has 1 saturated carbocycles. The van der Waals surface area contributed by atoms with E-state index in [1.165, 1.54) is 11.3 Å². The van der Waals surface area contributed by atoms with Gasteiger partial charge in [-0.25, -0.2) is 4.79 Å². The summed E-state index contributed by atoms with van der Waals surface area (Å²) in [5, 5.41) is 0. The molecule has 0 N–H and O–H groups in total. The second-order valence-electron chi connectivity index (χ2n) is 13.4. The number of benzene rings is 1. The molecule has 3 heterocycles. The first-order chi connectivity index (χ1) is 21.4. The van der Waals surface area contributed by atoms with Crippen molar-refractivity contribution in [2.45, 2.75) is 116 Å². The minimum absolute atomic E-state index is 0.0156. The number of cyclic esters (lactones) is 1. The molecule has 46 heavy (non-hydrogen) atoms. The van der Waals surface area contributed by atoms with E-state index in [9.17, 15) is 31.1 Å². The summed E-state index contributed by atoms with van der Waals surface area (Å²) in [7, 11) is -0.727. The third-order valence-corrected chi connectivity index (χ3v) is 9.69. The van der Waals surface area contributed by atoms with Crippen LogP contribution in [0, 0.1) is 0 Å². The zero-order valence-corrected chi connectivity index (χ0v) is 26.7. The quantitative estimate of drug-likeness (QED) is 0.220. The lowest BCUT2D eigenvalue weighted by atomic mass is 9.79. The number of ether oxygens (including phenoxy) is 1. The highest BCUT2D eigenvalue weighted by atomic mass is 19.4. The number of carbonyl (C=O) groups is 1. The molecule has 3 fully saturated rings. The largest absolute Gasteiger partial charge is 0.496 e. The van der Waals surface area contributed by atoms with E-state index in [4.69, 9.17) is 19.0 Å². The Balaban J connectivity index is 1.44. The van der Waals surface area contributed by atoms with E-state index < -0.39 is 54.0 Å². The Kier molecular flexibility index (Phi) is 9.48. The average molecular weight is 655 g/mol. The second-order valence-corrected chi connectivity index (χ2v) is 13.4. The fraction of sp³-hybridized carbons (Fsp3) is 0.625. The molecule has 3 aliphatic rings. The van der Waals surface area contributed by atoms with Crippen molar-refractivity contribution in [3.05, 3.63) is 58.4 Å². The molecule has 1 aromatic carbocycles. The van der Waals surface area contributed by atoms with E-state index in [0.29, 0.717) is 41.4 Å². The van der Waals surface area contributed by atoms with Crippen LogP contribution in [-0.4, -0.2) is 58.3 Å². The predicted octanol–water partition coefficient (Wildman–Crippen LogP) is 7.27. The van der Waals surface area contributed by atoms with Crippen molar-refractivity contribution in [2.75, 3.05) is 13.1 Å². The number of hydrogen-bond acceptors (Lipinski definition) is 6. The molecule has 0 bridgehead atoms. The van der Waals surface area contributed by atoms with Crippen molar-refractivity contribution in [1.29, 1.82) is 0 Å². The molecule has 1 aliphatic carbocycles. The second kappa shape index (κ2) is 12.6. The van der Waals surface area contributed by atoms with Crippen molar-refractivity contribution >= 4 is 18.7 Å². The van der Waals surface area contributed by atoms with Gasteiger partial charge in [0.15, 0.2) is 0 Å². The maximum atomic E-state index is 13.5. The van der Waals surface area contributed by atoms with Crippen LogP contribution in [0.4, 0.5) is 31.1 Å². The molecule has 1 amide bonds. The van der Waals surface area contributed by atoms with Crippen molar-refractivity contribution in [3.63, 3.8) is 0 Å². The van der Waals surface area contributed by atoms with Crippen LogP contribution in [0.15, 0.2) is 30.5 Å². The summed E-state index contributed by atoms with van der Waals surface area (Å²) in [5.41, 5.74) is -2.51. The Morgan fingerprint density at radius 1 is 0.935 bits per heavy atom. The molecule has 2 aromatic rings. The van der Waals surface area contributed by atoms with Crippen LogP contribution < -0.4 is 5.46 Å². The molecule has 7 nitrogen and oxygen atoms in total. The fourth-order valence-corrected chi connectivity index (χ4v) is 6.26. The third-order valence-electron chi connectivity index (χ3n) is 9.69. The molecule has 14 heteroatoms. The van der Waals surface area contributed by atoms with Gasteiger partial charge in [0, 0.05) is 24.2 Å².